The van der Waals surface area contributed by atoms with Crippen LogP contribution in [0.4, 0.5) is 0 Å². The van der Waals surface area contributed by atoms with Crippen molar-refractivity contribution in [3.05, 3.63) is 77.3 Å². The molecule has 2 aromatic heterocycles. The number of hydrogen-bond donors (Lipinski definition) is 2. The van der Waals surface area contributed by atoms with E-state index in [-0.39, 0.29) is 5.91 Å². The van der Waals surface area contributed by atoms with Gasteiger partial charge in [-0.2, -0.15) is 0 Å². The Kier molecular flexibility index (Phi) is 4.31. The van der Waals surface area contributed by atoms with Gasteiger partial charge in [0.15, 0.2) is 0 Å². The van der Waals surface area contributed by atoms with Crippen LogP contribution >= 0.6 is 11.3 Å². The molecule has 0 radical (unpaired) electrons. The molecule has 4 rings (SSSR count). The van der Waals surface area contributed by atoms with E-state index in [4.69, 9.17) is 0 Å². The average molecular weight is 347 g/mol. The van der Waals surface area contributed by atoms with Gasteiger partial charge in [0.25, 0.3) is 5.91 Å². The van der Waals surface area contributed by atoms with Crippen molar-refractivity contribution in [3.8, 4) is 10.7 Å². The Labute approximate surface area is 149 Å². The Morgan fingerprint density at radius 3 is 2.72 bits per heavy atom. The Morgan fingerprint density at radius 2 is 1.88 bits per heavy atom. The predicted molar refractivity (Wildman–Crippen MR) is 102 cm³/mol. The zero-order valence-electron chi connectivity index (χ0n) is 13.5. The number of aromatic nitrogens is 2. The van der Waals surface area contributed by atoms with E-state index in [1.165, 1.54) is 16.9 Å². The van der Waals surface area contributed by atoms with Crippen molar-refractivity contribution in [1.82, 2.24) is 15.3 Å². The predicted octanol–water partition coefficient (Wildman–Crippen LogP) is 4.26. The third-order valence-corrected chi connectivity index (χ3v) is 4.91. The largest absolute Gasteiger partial charge is 0.353 e. The number of nitrogens with one attached hydrogen (secondary N) is 2. The molecule has 0 saturated carbocycles. The van der Waals surface area contributed by atoms with Crippen LogP contribution in [-0.2, 0) is 6.42 Å². The normalized spacial score (nSPS) is 10.9. The highest BCUT2D eigenvalue weighted by Crippen LogP contribution is 2.26. The zero-order chi connectivity index (χ0) is 17.1. The van der Waals surface area contributed by atoms with Crippen molar-refractivity contribution in [2.75, 3.05) is 6.54 Å². The molecule has 2 N–H and O–H groups in total. The molecule has 0 unspecified atom stereocenters. The first kappa shape index (κ1) is 15.6. The first-order valence-corrected chi connectivity index (χ1v) is 9.03. The molecule has 0 spiro atoms. The van der Waals surface area contributed by atoms with Crippen molar-refractivity contribution >= 4 is 28.1 Å². The molecule has 25 heavy (non-hydrogen) atoms. The summed E-state index contributed by atoms with van der Waals surface area (Å²) in [5, 5.41) is 6.70. The maximum atomic E-state index is 12.3. The lowest BCUT2D eigenvalue weighted by Gasteiger charge is -2.03. The summed E-state index contributed by atoms with van der Waals surface area (Å²) in [7, 11) is 0. The fourth-order valence-electron chi connectivity index (χ4n) is 2.75. The van der Waals surface area contributed by atoms with Crippen LogP contribution in [0, 0.1) is 0 Å². The summed E-state index contributed by atoms with van der Waals surface area (Å²) < 4.78 is 0. The molecule has 4 nitrogen and oxygen atoms in total. The highest BCUT2D eigenvalue weighted by Gasteiger charge is 2.13. The van der Waals surface area contributed by atoms with E-state index < -0.39 is 0 Å². The molecule has 0 aliphatic carbocycles. The minimum Gasteiger partial charge on any atom is -0.353 e. The van der Waals surface area contributed by atoms with Crippen molar-refractivity contribution in [2.45, 2.75) is 6.42 Å². The van der Waals surface area contributed by atoms with Gasteiger partial charge in [0.05, 0.1) is 5.69 Å². The lowest BCUT2D eigenvalue weighted by molar-refractivity contribution is 0.0950. The third-order valence-electron chi connectivity index (χ3n) is 4.04. The zero-order valence-corrected chi connectivity index (χ0v) is 14.3. The van der Waals surface area contributed by atoms with Crippen molar-refractivity contribution in [3.63, 3.8) is 0 Å². The maximum Gasteiger partial charge on any atom is 0.270 e. The fraction of sp³-hybridized carbons (Fsp3) is 0.100. The molecule has 2 heterocycles. The van der Waals surface area contributed by atoms with Crippen LogP contribution in [0.5, 0.6) is 0 Å². The summed E-state index contributed by atoms with van der Waals surface area (Å²) in [6.45, 7) is 0.599. The summed E-state index contributed by atoms with van der Waals surface area (Å²) in [4.78, 5) is 20.1. The molecule has 124 valence electrons. The molecule has 0 bridgehead atoms. The second-order valence-electron chi connectivity index (χ2n) is 5.80. The van der Waals surface area contributed by atoms with Gasteiger partial charge in [-0.15, -0.1) is 11.3 Å². The minimum absolute atomic E-state index is 0.130. The van der Waals surface area contributed by atoms with Gasteiger partial charge in [0.1, 0.15) is 10.7 Å². The molecule has 0 saturated heterocycles. The number of fused-ring (bicyclic) bond motifs is 1. The average Bonchev–Trinajstić information content (AvgIpc) is 3.29. The number of H-pyrrole nitrogens is 1. The van der Waals surface area contributed by atoms with Crippen LogP contribution < -0.4 is 5.32 Å². The molecule has 1 amide bonds. The van der Waals surface area contributed by atoms with Gasteiger partial charge in [0, 0.05) is 22.8 Å². The Hall–Kier alpha value is -2.92. The number of para-hydroxylation sites is 1. The number of rotatable bonds is 5. The summed E-state index contributed by atoms with van der Waals surface area (Å²) in [5.41, 5.74) is 3.68. The van der Waals surface area contributed by atoms with E-state index in [1.807, 2.05) is 36.4 Å². The van der Waals surface area contributed by atoms with E-state index in [9.17, 15) is 4.79 Å². The summed E-state index contributed by atoms with van der Waals surface area (Å²) in [6, 6.07) is 20.3. The van der Waals surface area contributed by atoms with Crippen LogP contribution in [0.15, 0.2) is 66.0 Å². The fourth-order valence-corrected chi connectivity index (χ4v) is 3.52. The Bertz CT molecular complexity index is 971. The van der Waals surface area contributed by atoms with Gasteiger partial charge in [-0.3, -0.25) is 4.79 Å². The van der Waals surface area contributed by atoms with Crippen LogP contribution in [0.25, 0.3) is 21.6 Å². The van der Waals surface area contributed by atoms with Gasteiger partial charge in [-0.25, -0.2) is 4.98 Å². The van der Waals surface area contributed by atoms with E-state index in [0.717, 1.165) is 28.0 Å². The molecule has 0 aliphatic heterocycles. The number of carbonyl (C=O) groups is 1. The van der Waals surface area contributed by atoms with Crippen LogP contribution in [0.2, 0.25) is 0 Å². The van der Waals surface area contributed by atoms with E-state index >= 15 is 0 Å². The topological polar surface area (TPSA) is 57.8 Å². The second kappa shape index (κ2) is 6.91. The monoisotopic (exact) mass is 347 g/mol. The van der Waals surface area contributed by atoms with Gasteiger partial charge in [-0.05, 0) is 24.1 Å². The molecule has 0 atom stereocenters. The molecule has 5 heteroatoms. The smallest absolute Gasteiger partial charge is 0.270 e. The number of carbonyl (C=O) groups excluding carboxylic acids is 1. The van der Waals surface area contributed by atoms with Crippen molar-refractivity contribution in [1.29, 1.82) is 0 Å². The van der Waals surface area contributed by atoms with Crippen LogP contribution in [0.1, 0.15) is 16.1 Å². The molecular formula is C20H17N3OS. The Balaban J connectivity index is 1.42. The first-order valence-electron chi connectivity index (χ1n) is 8.15. The third kappa shape index (κ3) is 3.46. The number of benzene rings is 2. The standard InChI is InChI=1S/C20H17N3OS/c24-19(21-11-10-14-6-2-1-3-7-14)18-13-25-20(23-18)17-12-15-8-4-5-9-16(15)22-17/h1-9,12-13,22H,10-11H2,(H,21,24). The highest BCUT2D eigenvalue weighted by molar-refractivity contribution is 7.13. The van der Waals surface area contributed by atoms with Crippen LogP contribution in [0.3, 0.4) is 0 Å². The van der Waals surface area contributed by atoms with E-state index in [2.05, 4.69) is 39.6 Å². The van der Waals surface area contributed by atoms with Gasteiger partial charge in [-0.1, -0.05) is 48.5 Å². The number of nitrogens with zero attached hydrogens (tertiary/aromatic N) is 1. The minimum atomic E-state index is -0.130. The summed E-state index contributed by atoms with van der Waals surface area (Å²) in [5.74, 6) is -0.130. The van der Waals surface area contributed by atoms with Crippen molar-refractivity contribution in [2.24, 2.45) is 0 Å². The summed E-state index contributed by atoms with van der Waals surface area (Å²) >= 11 is 1.47. The van der Waals surface area contributed by atoms with Gasteiger partial charge < -0.3 is 10.3 Å². The molecular weight excluding hydrogens is 330 g/mol. The first-order chi connectivity index (χ1) is 12.3. The molecule has 0 aliphatic rings. The quantitative estimate of drug-likeness (QED) is 0.566. The molecule has 2 aromatic carbocycles. The number of aromatic amines is 1. The highest BCUT2D eigenvalue weighted by atomic mass is 32.1. The number of amides is 1. The maximum absolute atomic E-state index is 12.3. The summed E-state index contributed by atoms with van der Waals surface area (Å²) in [6.07, 6.45) is 0.811. The van der Waals surface area contributed by atoms with Crippen molar-refractivity contribution < 1.29 is 4.79 Å². The number of hydrogen-bond acceptors (Lipinski definition) is 3. The molecule has 4 aromatic rings. The number of thiazole rings is 1. The second-order valence-corrected chi connectivity index (χ2v) is 6.66. The van der Waals surface area contributed by atoms with Crippen LogP contribution in [-0.4, -0.2) is 22.4 Å². The van der Waals surface area contributed by atoms with Gasteiger partial charge in [0.2, 0.25) is 0 Å². The van der Waals surface area contributed by atoms with E-state index in [0.29, 0.717) is 12.2 Å². The van der Waals surface area contributed by atoms with E-state index in [1.54, 1.807) is 5.38 Å². The lowest BCUT2D eigenvalue weighted by atomic mass is 10.1. The SMILES string of the molecule is O=C(NCCc1ccccc1)c1csc(-c2cc3ccccc3[nH]2)n1. The van der Waals surface area contributed by atoms with Gasteiger partial charge >= 0.3 is 0 Å². The Morgan fingerprint density at radius 1 is 1.08 bits per heavy atom. The lowest BCUT2D eigenvalue weighted by Crippen LogP contribution is -2.25. The molecule has 0 fully saturated rings.